The molecule has 1 aromatic rings. The van der Waals surface area contributed by atoms with Crippen molar-refractivity contribution in [2.75, 3.05) is 6.54 Å². The predicted octanol–water partition coefficient (Wildman–Crippen LogP) is 3.79. The molecule has 0 radical (unpaired) electrons. The molecular weight excluding hydrogens is 222 g/mol. The molecule has 0 amide bonds. The van der Waals surface area contributed by atoms with E-state index in [2.05, 4.69) is 51.2 Å². The maximum Gasteiger partial charge on any atom is 0.120 e. The van der Waals surface area contributed by atoms with Gasteiger partial charge in [0.15, 0.2) is 0 Å². The highest BCUT2D eigenvalue weighted by Crippen LogP contribution is 2.17. The summed E-state index contributed by atoms with van der Waals surface area (Å²) in [4.78, 5) is 0. The van der Waals surface area contributed by atoms with Gasteiger partial charge in [-0.1, -0.05) is 32.9 Å². The third-order valence-corrected chi connectivity index (χ3v) is 3.29. The normalized spacial score (nSPS) is 14.2. The summed E-state index contributed by atoms with van der Waals surface area (Å²) in [6.45, 7) is 9.77. The first-order valence-corrected chi connectivity index (χ1v) is 7.20. The van der Waals surface area contributed by atoms with Crippen LogP contribution in [0.4, 0.5) is 0 Å². The fourth-order valence-corrected chi connectivity index (χ4v) is 2.11. The summed E-state index contributed by atoms with van der Waals surface area (Å²) in [5.74, 6) is 0.985. The van der Waals surface area contributed by atoms with Crippen molar-refractivity contribution in [2.24, 2.45) is 0 Å². The van der Waals surface area contributed by atoms with Crippen LogP contribution in [0.3, 0.4) is 0 Å². The summed E-state index contributed by atoms with van der Waals surface area (Å²) in [6.07, 6.45) is 3.51. The van der Waals surface area contributed by atoms with Crippen molar-refractivity contribution in [2.45, 2.75) is 59.1 Å². The Hall–Kier alpha value is -1.02. The molecule has 1 rings (SSSR count). The molecule has 2 atom stereocenters. The Labute approximate surface area is 112 Å². The fraction of sp³-hybridized carbons (Fsp3) is 0.625. The number of nitrogens with one attached hydrogen (secondary N) is 1. The lowest BCUT2D eigenvalue weighted by atomic mass is 10.1. The van der Waals surface area contributed by atoms with Crippen molar-refractivity contribution in [3.05, 3.63) is 29.8 Å². The molecule has 0 bridgehead atoms. The van der Waals surface area contributed by atoms with Crippen LogP contribution in [0.25, 0.3) is 0 Å². The summed E-state index contributed by atoms with van der Waals surface area (Å²) in [5.41, 5.74) is 1.33. The van der Waals surface area contributed by atoms with Crippen molar-refractivity contribution in [3.8, 4) is 5.75 Å². The van der Waals surface area contributed by atoms with Gasteiger partial charge in [0.05, 0.1) is 0 Å². The molecule has 0 aliphatic carbocycles. The third-order valence-electron chi connectivity index (χ3n) is 3.29. The van der Waals surface area contributed by atoms with Crippen molar-refractivity contribution < 1.29 is 4.74 Å². The van der Waals surface area contributed by atoms with Crippen LogP contribution >= 0.6 is 0 Å². The lowest BCUT2D eigenvalue weighted by Gasteiger charge is -2.25. The van der Waals surface area contributed by atoms with E-state index in [1.807, 2.05) is 6.07 Å². The van der Waals surface area contributed by atoms with Gasteiger partial charge in [-0.2, -0.15) is 0 Å². The molecule has 0 aliphatic heterocycles. The Bertz CT molecular complexity index is 338. The average molecular weight is 249 g/mol. The molecule has 1 N–H and O–H groups in total. The first-order valence-electron chi connectivity index (χ1n) is 7.20. The molecule has 0 aromatic heterocycles. The molecule has 2 nitrogen and oxygen atoms in total. The molecule has 0 saturated heterocycles. The second-order valence-electron chi connectivity index (χ2n) is 4.79. The van der Waals surface area contributed by atoms with Crippen LogP contribution < -0.4 is 10.1 Å². The van der Waals surface area contributed by atoms with E-state index in [-0.39, 0.29) is 6.10 Å². The number of ether oxygens (including phenoxy) is 1. The van der Waals surface area contributed by atoms with Gasteiger partial charge in [0.25, 0.3) is 0 Å². The van der Waals surface area contributed by atoms with Gasteiger partial charge in [0.1, 0.15) is 11.9 Å². The highest BCUT2D eigenvalue weighted by Gasteiger charge is 2.16. The molecule has 2 unspecified atom stereocenters. The van der Waals surface area contributed by atoms with E-state index in [4.69, 9.17) is 4.74 Å². The highest BCUT2D eigenvalue weighted by atomic mass is 16.5. The van der Waals surface area contributed by atoms with Gasteiger partial charge in [0, 0.05) is 6.04 Å². The summed E-state index contributed by atoms with van der Waals surface area (Å²) >= 11 is 0. The van der Waals surface area contributed by atoms with Gasteiger partial charge in [0.2, 0.25) is 0 Å². The van der Waals surface area contributed by atoms with Crippen LogP contribution in [-0.4, -0.2) is 18.7 Å². The van der Waals surface area contributed by atoms with Crippen LogP contribution in [-0.2, 0) is 6.42 Å². The van der Waals surface area contributed by atoms with Gasteiger partial charge in [-0.05, 0) is 50.4 Å². The van der Waals surface area contributed by atoms with Crippen LogP contribution in [0.15, 0.2) is 24.3 Å². The monoisotopic (exact) mass is 249 g/mol. The minimum atomic E-state index is 0.202. The maximum atomic E-state index is 6.04. The first-order chi connectivity index (χ1) is 8.71. The highest BCUT2D eigenvalue weighted by molar-refractivity contribution is 5.28. The standard InChI is InChI=1S/C16H27NO/c1-5-11-17-16(7-3)13(4)18-15-10-8-9-14(6-2)12-15/h8-10,12-13,16-17H,5-7,11H2,1-4H3. The lowest BCUT2D eigenvalue weighted by molar-refractivity contribution is 0.167. The summed E-state index contributed by atoms with van der Waals surface area (Å²) < 4.78 is 6.04. The molecule has 102 valence electrons. The third kappa shape index (κ3) is 4.69. The van der Waals surface area contributed by atoms with Crippen molar-refractivity contribution in [1.82, 2.24) is 5.32 Å². The number of benzene rings is 1. The molecule has 1 aromatic carbocycles. The zero-order chi connectivity index (χ0) is 13.4. The number of hydrogen-bond donors (Lipinski definition) is 1. The first kappa shape index (κ1) is 15.0. The molecular formula is C16H27NO. The Morgan fingerprint density at radius 1 is 1.22 bits per heavy atom. The van der Waals surface area contributed by atoms with E-state index >= 15 is 0 Å². The van der Waals surface area contributed by atoms with Gasteiger partial charge >= 0.3 is 0 Å². The molecule has 0 saturated carbocycles. The Kier molecular flexibility index (Phi) is 6.81. The van der Waals surface area contributed by atoms with E-state index in [0.717, 1.165) is 31.6 Å². The van der Waals surface area contributed by atoms with Crippen LogP contribution in [0.5, 0.6) is 5.75 Å². The van der Waals surface area contributed by atoms with Gasteiger partial charge < -0.3 is 10.1 Å². The second-order valence-corrected chi connectivity index (χ2v) is 4.79. The summed E-state index contributed by atoms with van der Waals surface area (Å²) in [7, 11) is 0. The van der Waals surface area contributed by atoms with E-state index in [1.165, 1.54) is 5.56 Å². The van der Waals surface area contributed by atoms with Crippen LogP contribution in [0.1, 0.15) is 46.1 Å². The Balaban J connectivity index is 2.58. The summed E-state index contributed by atoms with van der Waals surface area (Å²) in [5, 5.41) is 3.54. The Morgan fingerprint density at radius 3 is 2.61 bits per heavy atom. The minimum Gasteiger partial charge on any atom is -0.489 e. The fourth-order valence-electron chi connectivity index (χ4n) is 2.11. The predicted molar refractivity (Wildman–Crippen MR) is 78.3 cm³/mol. The van der Waals surface area contributed by atoms with Gasteiger partial charge in [-0.3, -0.25) is 0 Å². The van der Waals surface area contributed by atoms with Crippen LogP contribution in [0, 0.1) is 0 Å². The smallest absolute Gasteiger partial charge is 0.120 e. The zero-order valence-electron chi connectivity index (χ0n) is 12.2. The van der Waals surface area contributed by atoms with Crippen molar-refractivity contribution >= 4 is 0 Å². The van der Waals surface area contributed by atoms with Gasteiger partial charge in [-0.25, -0.2) is 0 Å². The molecule has 0 heterocycles. The number of aryl methyl sites for hydroxylation is 1. The van der Waals surface area contributed by atoms with Crippen LogP contribution in [0.2, 0.25) is 0 Å². The molecule has 0 aliphatic rings. The summed E-state index contributed by atoms with van der Waals surface area (Å²) in [6, 6.07) is 8.83. The average Bonchev–Trinajstić information content (AvgIpc) is 2.40. The van der Waals surface area contributed by atoms with Crippen molar-refractivity contribution in [1.29, 1.82) is 0 Å². The van der Waals surface area contributed by atoms with E-state index in [0.29, 0.717) is 6.04 Å². The topological polar surface area (TPSA) is 21.3 Å². The number of hydrogen-bond acceptors (Lipinski definition) is 2. The SMILES string of the molecule is CCCNC(CC)C(C)Oc1cccc(CC)c1. The largest absolute Gasteiger partial charge is 0.489 e. The van der Waals surface area contributed by atoms with Crippen molar-refractivity contribution in [3.63, 3.8) is 0 Å². The van der Waals surface area contributed by atoms with E-state index < -0.39 is 0 Å². The zero-order valence-corrected chi connectivity index (χ0v) is 12.2. The number of rotatable bonds is 8. The quantitative estimate of drug-likeness (QED) is 0.756. The maximum absolute atomic E-state index is 6.04. The van der Waals surface area contributed by atoms with E-state index in [9.17, 15) is 0 Å². The second kappa shape index (κ2) is 8.15. The van der Waals surface area contributed by atoms with Gasteiger partial charge in [-0.15, -0.1) is 0 Å². The minimum absolute atomic E-state index is 0.202. The molecule has 2 heteroatoms. The Morgan fingerprint density at radius 2 is 2.00 bits per heavy atom. The van der Waals surface area contributed by atoms with E-state index in [1.54, 1.807) is 0 Å². The lowest BCUT2D eigenvalue weighted by Crippen LogP contribution is -2.41. The molecule has 18 heavy (non-hydrogen) atoms. The molecule has 0 fully saturated rings. The molecule has 0 spiro atoms.